The van der Waals surface area contributed by atoms with Gasteiger partial charge >= 0.3 is 0 Å². The predicted octanol–water partition coefficient (Wildman–Crippen LogP) is 2.79. The van der Waals surface area contributed by atoms with Gasteiger partial charge in [-0.15, -0.1) is 12.4 Å². The minimum atomic E-state index is 0. The van der Waals surface area contributed by atoms with Gasteiger partial charge in [0.15, 0.2) is 0 Å². The van der Waals surface area contributed by atoms with E-state index < -0.39 is 0 Å². The Hall–Kier alpha value is -0.970. The quantitative estimate of drug-likeness (QED) is 0.806. The first kappa shape index (κ1) is 19.1. The van der Waals surface area contributed by atoms with Crippen LogP contribution in [0.3, 0.4) is 0 Å². The van der Waals surface area contributed by atoms with Crippen molar-refractivity contribution in [2.45, 2.75) is 25.7 Å². The van der Waals surface area contributed by atoms with E-state index in [0.717, 1.165) is 24.0 Å². The molecule has 2 fully saturated rings. The molecule has 0 unspecified atom stereocenters. The maximum Gasteiger partial charge on any atom is 0.119 e. The molecule has 1 aromatic carbocycles. The van der Waals surface area contributed by atoms with Crippen LogP contribution in [0.2, 0.25) is 0 Å². The zero-order valence-electron chi connectivity index (χ0n) is 13.3. The smallest absolute Gasteiger partial charge is 0.119 e. The van der Waals surface area contributed by atoms with Crippen LogP contribution in [0.15, 0.2) is 24.3 Å². The SMILES string of the molecule is COc1ccc(OCC2CCN(CC3CC3)CC2)cc1.Cl.O. The molecule has 1 saturated carbocycles. The van der Waals surface area contributed by atoms with Gasteiger partial charge in [-0.3, -0.25) is 0 Å². The van der Waals surface area contributed by atoms with Crippen LogP contribution < -0.4 is 9.47 Å². The van der Waals surface area contributed by atoms with Crippen molar-refractivity contribution in [3.05, 3.63) is 24.3 Å². The molecule has 126 valence electrons. The van der Waals surface area contributed by atoms with Crippen molar-refractivity contribution < 1.29 is 14.9 Å². The highest BCUT2D eigenvalue weighted by Gasteiger charge is 2.27. The number of likely N-dealkylation sites (tertiary alicyclic amines) is 1. The van der Waals surface area contributed by atoms with Crippen LogP contribution in [0.4, 0.5) is 0 Å². The van der Waals surface area contributed by atoms with Crippen LogP contribution in [-0.4, -0.2) is 43.7 Å². The fourth-order valence-electron chi connectivity index (χ4n) is 2.89. The lowest BCUT2D eigenvalue weighted by Crippen LogP contribution is -2.36. The highest BCUT2D eigenvalue weighted by molar-refractivity contribution is 5.85. The Balaban J connectivity index is 0.00000121. The van der Waals surface area contributed by atoms with E-state index in [2.05, 4.69) is 4.90 Å². The van der Waals surface area contributed by atoms with Crippen molar-refractivity contribution in [2.24, 2.45) is 11.8 Å². The van der Waals surface area contributed by atoms with Gasteiger partial charge < -0.3 is 19.8 Å². The molecule has 0 spiro atoms. The van der Waals surface area contributed by atoms with Crippen LogP contribution in [0.5, 0.6) is 11.5 Å². The molecule has 1 saturated heterocycles. The number of halogens is 1. The van der Waals surface area contributed by atoms with Crippen LogP contribution in [0, 0.1) is 11.8 Å². The lowest BCUT2D eigenvalue weighted by Gasteiger charge is -2.31. The molecular formula is C17H28ClNO3. The van der Waals surface area contributed by atoms with Crippen molar-refractivity contribution in [1.82, 2.24) is 4.90 Å². The number of nitrogens with zero attached hydrogens (tertiary/aromatic N) is 1. The third kappa shape index (κ3) is 5.67. The largest absolute Gasteiger partial charge is 0.497 e. The van der Waals surface area contributed by atoms with E-state index in [-0.39, 0.29) is 17.9 Å². The van der Waals surface area contributed by atoms with Crippen molar-refractivity contribution in [1.29, 1.82) is 0 Å². The summed E-state index contributed by atoms with van der Waals surface area (Å²) in [4.78, 5) is 2.64. The number of ether oxygens (including phenoxy) is 2. The number of methoxy groups -OCH3 is 1. The molecule has 1 aromatic rings. The molecule has 1 aliphatic carbocycles. The molecule has 2 N–H and O–H groups in total. The van der Waals surface area contributed by atoms with Crippen molar-refractivity contribution in [2.75, 3.05) is 33.4 Å². The summed E-state index contributed by atoms with van der Waals surface area (Å²) in [6.45, 7) is 4.70. The first-order valence-electron chi connectivity index (χ1n) is 7.82. The van der Waals surface area contributed by atoms with Crippen molar-refractivity contribution in [3.8, 4) is 11.5 Å². The molecule has 0 radical (unpaired) electrons. The molecule has 0 atom stereocenters. The second-order valence-corrected chi connectivity index (χ2v) is 6.17. The van der Waals surface area contributed by atoms with Crippen LogP contribution in [0.1, 0.15) is 25.7 Å². The minimum Gasteiger partial charge on any atom is -0.497 e. The second kappa shape index (κ2) is 9.23. The van der Waals surface area contributed by atoms with E-state index >= 15 is 0 Å². The van der Waals surface area contributed by atoms with Gasteiger partial charge in [0.1, 0.15) is 11.5 Å². The lowest BCUT2D eigenvalue weighted by molar-refractivity contribution is 0.138. The Kier molecular flexibility index (Phi) is 8.01. The van der Waals surface area contributed by atoms with E-state index in [1.54, 1.807) is 7.11 Å². The second-order valence-electron chi connectivity index (χ2n) is 6.17. The van der Waals surface area contributed by atoms with Gasteiger partial charge in [-0.25, -0.2) is 0 Å². The highest BCUT2D eigenvalue weighted by atomic mass is 35.5. The van der Waals surface area contributed by atoms with E-state index in [1.807, 2.05) is 24.3 Å². The third-order valence-electron chi connectivity index (χ3n) is 4.47. The van der Waals surface area contributed by atoms with Gasteiger partial charge in [0, 0.05) is 6.54 Å². The maximum atomic E-state index is 5.90. The van der Waals surface area contributed by atoms with Gasteiger partial charge in [0.25, 0.3) is 0 Å². The fourth-order valence-corrected chi connectivity index (χ4v) is 2.89. The fraction of sp³-hybridized carbons (Fsp3) is 0.647. The van der Waals surface area contributed by atoms with E-state index in [4.69, 9.17) is 9.47 Å². The Morgan fingerprint density at radius 2 is 1.55 bits per heavy atom. The van der Waals surface area contributed by atoms with Gasteiger partial charge in [0.2, 0.25) is 0 Å². The predicted molar refractivity (Wildman–Crippen MR) is 91.2 cm³/mol. The summed E-state index contributed by atoms with van der Waals surface area (Å²) in [5.74, 6) is 3.56. The molecule has 0 amide bonds. The lowest BCUT2D eigenvalue weighted by atomic mass is 9.97. The summed E-state index contributed by atoms with van der Waals surface area (Å²) in [6.07, 6.45) is 5.48. The Morgan fingerprint density at radius 1 is 0.955 bits per heavy atom. The average Bonchev–Trinajstić information content (AvgIpc) is 3.31. The van der Waals surface area contributed by atoms with Gasteiger partial charge in [0.05, 0.1) is 13.7 Å². The molecule has 4 nitrogen and oxygen atoms in total. The topological polar surface area (TPSA) is 53.2 Å². The zero-order valence-corrected chi connectivity index (χ0v) is 14.1. The van der Waals surface area contributed by atoms with Crippen molar-refractivity contribution >= 4 is 12.4 Å². The third-order valence-corrected chi connectivity index (χ3v) is 4.47. The molecular weight excluding hydrogens is 302 g/mol. The average molecular weight is 330 g/mol. The summed E-state index contributed by atoms with van der Waals surface area (Å²) >= 11 is 0. The molecule has 0 aromatic heterocycles. The molecule has 1 heterocycles. The summed E-state index contributed by atoms with van der Waals surface area (Å²) in [5, 5.41) is 0. The van der Waals surface area contributed by atoms with Crippen LogP contribution in [-0.2, 0) is 0 Å². The molecule has 3 rings (SSSR count). The zero-order chi connectivity index (χ0) is 13.8. The summed E-state index contributed by atoms with van der Waals surface area (Å²) in [5.41, 5.74) is 0. The Morgan fingerprint density at radius 3 is 2.09 bits per heavy atom. The molecule has 1 aliphatic heterocycles. The Labute approximate surface area is 139 Å². The maximum absolute atomic E-state index is 5.90. The number of piperidine rings is 1. The molecule has 2 aliphatic rings. The van der Waals surface area contributed by atoms with E-state index in [1.165, 1.54) is 45.3 Å². The van der Waals surface area contributed by atoms with Gasteiger partial charge in [-0.1, -0.05) is 0 Å². The number of hydrogen-bond donors (Lipinski definition) is 0. The summed E-state index contributed by atoms with van der Waals surface area (Å²) < 4.78 is 11.1. The summed E-state index contributed by atoms with van der Waals surface area (Å²) in [7, 11) is 1.69. The van der Waals surface area contributed by atoms with E-state index in [0.29, 0.717) is 5.92 Å². The molecule has 0 bridgehead atoms. The van der Waals surface area contributed by atoms with E-state index in [9.17, 15) is 0 Å². The highest BCUT2D eigenvalue weighted by Crippen LogP contribution is 2.31. The summed E-state index contributed by atoms with van der Waals surface area (Å²) in [6, 6.07) is 7.88. The van der Waals surface area contributed by atoms with Gasteiger partial charge in [-0.2, -0.15) is 0 Å². The number of benzene rings is 1. The van der Waals surface area contributed by atoms with Crippen molar-refractivity contribution in [3.63, 3.8) is 0 Å². The van der Waals surface area contributed by atoms with Gasteiger partial charge in [-0.05, 0) is 74.9 Å². The molecule has 5 heteroatoms. The first-order valence-corrected chi connectivity index (χ1v) is 7.82. The molecule has 22 heavy (non-hydrogen) atoms. The first-order chi connectivity index (χ1) is 9.83. The monoisotopic (exact) mass is 329 g/mol. The number of hydrogen-bond acceptors (Lipinski definition) is 3. The minimum absolute atomic E-state index is 0. The normalized spacial score (nSPS) is 19.0. The standard InChI is InChI=1S/C17H25NO2.ClH.H2O/c1-19-16-4-6-17(7-5-16)20-13-15-8-10-18(11-9-15)12-14-2-3-14;;/h4-7,14-15H,2-3,8-13H2,1H3;1H;1H2. The number of rotatable bonds is 6. The van der Waals surface area contributed by atoms with Crippen LogP contribution in [0.25, 0.3) is 0 Å². The van der Waals surface area contributed by atoms with Crippen LogP contribution >= 0.6 is 12.4 Å². The Bertz CT molecular complexity index is 414.